The number of hydrogen-bond donors (Lipinski definition) is 1. The van der Waals surface area contributed by atoms with E-state index in [1.54, 1.807) is 0 Å². The van der Waals surface area contributed by atoms with E-state index >= 15 is 0 Å². The molecule has 6 heteroatoms. The summed E-state index contributed by atoms with van der Waals surface area (Å²) < 4.78 is 6.03. The van der Waals surface area contributed by atoms with E-state index in [2.05, 4.69) is 21.6 Å². The van der Waals surface area contributed by atoms with Crippen LogP contribution in [0.25, 0.3) is 0 Å². The van der Waals surface area contributed by atoms with Crippen LogP contribution in [-0.4, -0.2) is 22.2 Å². The summed E-state index contributed by atoms with van der Waals surface area (Å²) in [6, 6.07) is 8.11. The second-order valence-corrected chi connectivity index (χ2v) is 7.95. The number of ether oxygens (including phenoxy) is 1. The highest BCUT2D eigenvalue weighted by Gasteiger charge is 2.27. The van der Waals surface area contributed by atoms with E-state index in [0.29, 0.717) is 30.0 Å². The number of benzene rings is 1. The lowest BCUT2D eigenvalue weighted by molar-refractivity contribution is -0.116. The molecule has 5 nitrogen and oxygen atoms in total. The van der Waals surface area contributed by atoms with Crippen molar-refractivity contribution in [3.8, 4) is 5.75 Å². The number of amides is 1. The van der Waals surface area contributed by atoms with Gasteiger partial charge in [-0.05, 0) is 62.6 Å². The summed E-state index contributed by atoms with van der Waals surface area (Å²) in [5, 5.41) is 12.7. The number of rotatable bonds is 7. The monoisotopic (exact) mass is 357 g/mol. The molecule has 2 saturated carbocycles. The average molecular weight is 357 g/mol. The fourth-order valence-corrected chi connectivity index (χ4v) is 4.12. The van der Waals surface area contributed by atoms with E-state index in [1.165, 1.54) is 37.0 Å². The number of carbonyl (C=O) groups is 1. The minimum absolute atomic E-state index is 0.0133. The molecule has 0 unspecified atom stereocenters. The van der Waals surface area contributed by atoms with Crippen LogP contribution in [0.4, 0.5) is 5.13 Å². The van der Waals surface area contributed by atoms with E-state index < -0.39 is 0 Å². The van der Waals surface area contributed by atoms with Crippen LogP contribution in [0.5, 0.6) is 5.75 Å². The average Bonchev–Trinajstić information content (AvgIpc) is 3.14. The Kier molecular flexibility index (Phi) is 4.97. The van der Waals surface area contributed by atoms with Crippen LogP contribution in [0.1, 0.15) is 61.4 Å². The van der Waals surface area contributed by atoms with Crippen LogP contribution in [0.3, 0.4) is 0 Å². The van der Waals surface area contributed by atoms with Gasteiger partial charge in [-0.2, -0.15) is 0 Å². The zero-order chi connectivity index (χ0) is 17.1. The van der Waals surface area contributed by atoms with Gasteiger partial charge in [-0.15, -0.1) is 10.2 Å². The van der Waals surface area contributed by atoms with Crippen molar-refractivity contribution in [1.82, 2.24) is 10.2 Å². The summed E-state index contributed by atoms with van der Waals surface area (Å²) in [5.74, 6) is 1.48. The topological polar surface area (TPSA) is 64.1 Å². The lowest BCUT2D eigenvalue weighted by Crippen LogP contribution is -2.12. The molecule has 0 saturated heterocycles. The van der Waals surface area contributed by atoms with E-state index in [4.69, 9.17) is 4.74 Å². The molecule has 0 aliphatic heterocycles. The minimum Gasteiger partial charge on any atom is -0.490 e. The van der Waals surface area contributed by atoms with Gasteiger partial charge in [0.15, 0.2) is 0 Å². The van der Waals surface area contributed by atoms with Crippen LogP contribution in [0.15, 0.2) is 24.3 Å². The maximum Gasteiger partial charge on any atom is 0.226 e. The number of aromatic nitrogens is 2. The van der Waals surface area contributed by atoms with Gasteiger partial charge in [0.2, 0.25) is 11.0 Å². The quantitative estimate of drug-likeness (QED) is 0.802. The zero-order valence-electron chi connectivity index (χ0n) is 14.2. The molecule has 25 heavy (non-hydrogen) atoms. The summed E-state index contributed by atoms with van der Waals surface area (Å²) in [4.78, 5) is 12.1. The first-order chi connectivity index (χ1) is 12.3. The predicted molar refractivity (Wildman–Crippen MR) is 98.2 cm³/mol. The molecular weight excluding hydrogens is 334 g/mol. The maximum absolute atomic E-state index is 12.1. The smallest absolute Gasteiger partial charge is 0.226 e. The fourth-order valence-electron chi connectivity index (χ4n) is 3.19. The molecule has 2 aliphatic rings. The number of nitrogens with zero attached hydrogens (tertiary/aromatic N) is 2. The molecule has 1 heterocycles. The Morgan fingerprint density at radius 1 is 1.20 bits per heavy atom. The van der Waals surface area contributed by atoms with Gasteiger partial charge in [0.1, 0.15) is 10.8 Å². The Bertz CT molecular complexity index is 736. The Balaban J connectivity index is 1.27. The Morgan fingerprint density at radius 2 is 2.04 bits per heavy atom. The highest BCUT2D eigenvalue weighted by Crippen LogP contribution is 2.42. The van der Waals surface area contributed by atoms with Crippen LogP contribution in [-0.2, 0) is 11.2 Å². The summed E-state index contributed by atoms with van der Waals surface area (Å²) in [6.07, 6.45) is 8.71. The first-order valence-electron chi connectivity index (χ1n) is 9.15. The van der Waals surface area contributed by atoms with Crippen molar-refractivity contribution in [3.05, 3.63) is 34.8 Å². The van der Waals surface area contributed by atoms with Gasteiger partial charge in [-0.1, -0.05) is 23.5 Å². The zero-order valence-corrected chi connectivity index (χ0v) is 15.1. The first-order valence-corrected chi connectivity index (χ1v) is 9.97. The molecule has 1 aromatic heterocycles. The molecule has 0 spiro atoms. The number of carbonyl (C=O) groups excluding carboxylic acids is 1. The van der Waals surface area contributed by atoms with Crippen LogP contribution >= 0.6 is 11.3 Å². The second kappa shape index (κ2) is 7.52. The van der Waals surface area contributed by atoms with Crippen LogP contribution in [0, 0.1) is 0 Å². The van der Waals surface area contributed by atoms with E-state index in [9.17, 15) is 4.79 Å². The molecule has 1 amide bonds. The molecule has 0 atom stereocenters. The largest absolute Gasteiger partial charge is 0.490 e. The molecular formula is C19H23N3O2S. The van der Waals surface area contributed by atoms with E-state index in [-0.39, 0.29) is 5.91 Å². The molecule has 0 bridgehead atoms. The van der Waals surface area contributed by atoms with E-state index in [1.807, 2.05) is 18.2 Å². The minimum atomic E-state index is -0.0133. The van der Waals surface area contributed by atoms with Crippen molar-refractivity contribution in [2.45, 2.75) is 63.4 Å². The summed E-state index contributed by atoms with van der Waals surface area (Å²) in [7, 11) is 0. The molecule has 2 aliphatic carbocycles. The number of anilines is 1. The summed E-state index contributed by atoms with van der Waals surface area (Å²) in [5.41, 5.74) is 1.13. The van der Waals surface area contributed by atoms with Gasteiger partial charge in [0, 0.05) is 12.3 Å². The SMILES string of the molecule is O=C(CCc1cccc(OC2CCCC2)c1)Nc1nnc(C2CC2)s1. The molecule has 2 aromatic rings. The van der Waals surface area contributed by atoms with Crippen molar-refractivity contribution in [2.24, 2.45) is 0 Å². The summed E-state index contributed by atoms with van der Waals surface area (Å²) in [6.45, 7) is 0. The summed E-state index contributed by atoms with van der Waals surface area (Å²) >= 11 is 1.50. The standard InChI is InChI=1S/C19H23N3O2S/c23-17(20-19-22-21-18(25-19)14-9-10-14)11-8-13-4-3-7-16(12-13)24-15-5-1-2-6-15/h3-4,7,12,14-15H,1-2,5-6,8-11H2,(H,20,22,23). The lowest BCUT2D eigenvalue weighted by atomic mass is 10.1. The van der Waals surface area contributed by atoms with Crippen molar-refractivity contribution < 1.29 is 9.53 Å². The van der Waals surface area contributed by atoms with Gasteiger partial charge in [-0.3, -0.25) is 4.79 Å². The van der Waals surface area contributed by atoms with Gasteiger partial charge in [0.25, 0.3) is 0 Å². The van der Waals surface area contributed by atoms with E-state index in [0.717, 1.165) is 29.2 Å². The molecule has 1 aromatic carbocycles. The third-order valence-electron chi connectivity index (χ3n) is 4.76. The fraction of sp³-hybridized carbons (Fsp3) is 0.526. The van der Waals surface area contributed by atoms with Gasteiger partial charge >= 0.3 is 0 Å². The Labute approximate surface area is 151 Å². The molecule has 0 radical (unpaired) electrons. The second-order valence-electron chi connectivity index (χ2n) is 6.94. The molecule has 132 valence electrons. The van der Waals surface area contributed by atoms with Crippen molar-refractivity contribution in [2.75, 3.05) is 5.32 Å². The van der Waals surface area contributed by atoms with Crippen molar-refractivity contribution >= 4 is 22.4 Å². The predicted octanol–water partition coefficient (Wildman–Crippen LogP) is 4.31. The Morgan fingerprint density at radius 3 is 2.84 bits per heavy atom. The molecule has 4 rings (SSSR count). The lowest BCUT2D eigenvalue weighted by Gasteiger charge is -2.13. The van der Waals surface area contributed by atoms with Crippen LogP contribution in [0.2, 0.25) is 0 Å². The van der Waals surface area contributed by atoms with Crippen molar-refractivity contribution in [3.63, 3.8) is 0 Å². The number of hydrogen-bond acceptors (Lipinski definition) is 5. The molecule has 1 N–H and O–H groups in total. The third-order valence-corrected chi connectivity index (χ3v) is 5.76. The maximum atomic E-state index is 12.1. The number of aryl methyl sites for hydroxylation is 1. The van der Waals surface area contributed by atoms with Gasteiger partial charge in [0.05, 0.1) is 6.10 Å². The highest BCUT2D eigenvalue weighted by atomic mass is 32.1. The normalized spacial score (nSPS) is 17.6. The van der Waals surface area contributed by atoms with Crippen LogP contribution < -0.4 is 10.1 Å². The van der Waals surface area contributed by atoms with Gasteiger partial charge < -0.3 is 10.1 Å². The first kappa shape index (κ1) is 16.5. The van der Waals surface area contributed by atoms with Crippen molar-refractivity contribution in [1.29, 1.82) is 0 Å². The molecule has 2 fully saturated rings. The highest BCUT2D eigenvalue weighted by molar-refractivity contribution is 7.15. The third kappa shape index (κ3) is 4.57. The van der Waals surface area contributed by atoms with Gasteiger partial charge in [-0.25, -0.2) is 0 Å². The number of nitrogens with one attached hydrogen (secondary N) is 1. The Hall–Kier alpha value is -1.95.